The van der Waals surface area contributed by atoms with Crippen molar-refractivity contribution >= 4 is 62.9 Å². The molecule has 3 amide bonds. The summed E-state index contributed by atoms with van der Waals surface area (Å²) >= 11 is 7.51. The zero-order valence-electron chi connectivity index (χ0n) is 21.1. The molecule has 7 N–H and O–H groups in total. The number of rotatable bonds is 9. The molecule has 2 unspecified atom stereocenters. The van der Waals surface area contributed by atoms with Crippen molar-refractivity contribution in [2.45, 2.75) is 52.3 Å². The Kier molecular flexibility index (Phi) is 10.2. The Morgan fingerprint density at radius 2 is 1.78 bits per heavy atom. The number of thioether (sulfide) groups is 1. The van der Waals surface area contributed by atoms with Crippen LogP contribution < -0.4 is 37.5 Å². The molecule has 1 heterocycles. The third kappa shape index (κ3) is 9.17. The largest absolute Gasteiger partial charge is 0.463 e. The van der Waals surface area contributed by atoms with Crippen LogP contribution in [-0.2, 0) is 14.3 Å². The molecule has 0 aliphatic heterocycles. The fourth-order valence-corrected chi connectivity index (χ4v) is 3.53. The lowest BCUT2D eigenvalue weighted by molar-refractivity contribution is -0.127. The third-order valence-electron chi connectivity index (χ3n) is 4.57. The summed E-state index contributed by atoms with van der Waals surface area (Å²) in [6.07, 6.45) is -0.757. The van der Waals surface area contributed by atoms with Crippen LogP contribution in [0.5, 0.6) is 5.95 Å². The van der Waals surface area contributed by atoms with E-state index in [1.165, 1.54) is 43.8 Å². The lowest BCUT2D eigenvalue weighted by Crippen LogP contribution is -2.51. The molecule has 2 atom stereocenters. The highest BCUT2D eigenvalue weighted by Crippen LogP contribution is 2.32. The van der Waals surface area contributed by atoms with Gasteiger partial charge in [0.1, 0.15) is 29.3 Å². The topological polar surface area (TPSA) is 188 Å². The Morgan fingerprint density at radius 3 is 2.41 bits per heavy atom. The van der Waals surface area contributed by atoms with Crippen molar-refractivity contribution in [1.82, 2.24) is 10.6 Å². The number of benzene rings is 1. The number of anilines is 1. The standard InChI is InChI=1S/C23H30ClN5O7S/c1-11(27-17(30)12(2)28-22(33)36-23(3,4)5)18(31)29-13-6-7-14-15(10-13)19(32)35-20(16(14)24)34-8-9-37-21(25)26/h6-7,10-12H,8-9H2,1-5H3,(H3,25,26)(H,27,30)(H,28,33)(H,29,31)/p+1. The minimum absolute atomic E-state index is 0.0919. The van der Waals surface area contributed by atoms with Gasteiger partial charge in [-0.3, -0.25) is 20.7 Å². The molecule has 0 bridgehead atoms. The fourth-order valence-electron chi connectivity index (χ4n) is 2.87. The Bertz CT molecular complexity index is 1240. The number of fused-ring (bicyclic) bond motifs is 1. The van der Waals surface area contributed by atoms with E-state index in [9.17, 15) is 19.2 Å². The van der Waals surface area contributed by atoms with Gasteiger partial charge in [0.05, 0.1) is 5.39 Å². The SMILES string of the molecule is CC(NC(=O)OC(C)(C)C)C(=O)NC(C)C(=O)Nc1ccc2c(Cl)c(OCCSC(N)=[NH2+])oc(=O)c2c1. The molecule has 2 rings (SSSR count). The van der Waals surface area contributed by atoms with E-state index in [2.05, 4.69) is 16.0 Å². The van der Waals surface area contributed by atoms with Crippen LogP contribution in [0.3, 0.4) is 0 Å². The van der Waals surface area contributed by atoms with Crippen molar-refractivity contribution in [1.29, 1.82) is 0 Å². The maximum absolute atomic E-state index is 12.6. The quantitative estimate of drug-likeness (QED) is 0.170. The molecule has 14 heteroatoms. The van der Waals surface area contributed by atoms with Gasteiger partial charge in [0.25, 0.3) is 5.17 Å². The molecular formula is C23H31ClN5O7S+. The average molecular weight is 557 g/mol. The molecule has 1 aromatic carbocycles. The Balaban J connectivity index is 2.03. The molecule has 0 fully saturated rings. The van der Waals surface area contributed by atoms with E-state index in [4.69, 9.17) is 36.6 Å². The molecule has 0 saturated heterocycles. The smallest absolute Gasteiger partial charge is 0.408 e. The van der Waals surface area contributed by atoms with Crippen molar-refractivity contribution in [3.8, 4) is 5.95 Å². The number of ether oxygens (including phenoxy) is 2. The van der Waals surface area contributed by atoms with E-state index in [0.29, 0.717) is 11.1 Å². The van der Waals surface area contributed by atoms with Crippen LogP contribution in [0.25, 0.3) is 10.8 Å². The van der Waals surface area contributed by atoms with Gasteiger partial charge in [0.2, 0.25) is 11.8 Å². The first-order valence-electron chi connectivity index (χ1n) is 11.2. The van der Waals surface area contributed by atoms with Gasteiger partial charge in [-0.1, -0.05) is 17.7 Å². The highest BCUT2D eigenvalue weighted by Gasteiger charge is 2.24. The van der Waals surface area contributed by atoms with Gasteiger partial charge < -0.3 is 29.8 Å². The summed E-state index contributed by atoms with van der Waals surface area (Å²) in [7, 11) is 0. The van der Waals surface area contributed by atoms with Crippen molar-refractivity contribution in [2.24, 2.45) is 5.73 Å². The number of amidine groups is 1. The van der Waals surface area contributed by atoms with Crippen LogP contribution in [0.1, 0.15) is 34.6 Å². The summed E-state index contributed by atoms with van der Waals surface area (Å²) < 4.78 is 15.7. The third-order valence-corrected chi connectivity index (χ3v) is 5.63. The maximum Gasteiger partial charge on any atom is 0.408 e. The summed E-state index contributed by atoms with van der Waals surface area (Å²) in [6.45, 7) is 8.17. The highest BCUT2D eigenvalue weighted by molar-refractivity contribution is 8.13. The van der Waals surface area contributed by atoms with Crippen LogP contribution in [0.15, 0.2) is 27.4 Å². The molecule has 0 aliphatic carbocycles. The van der Waals surface area contributed by atoms with E-state index < -0.39 is 41.2 Å². The molecule has 0 saturated carbocycles. The van der Waals surface area contributed by atoms with Gasteiger partial charge in [-0.15, -0.1) is 0 Å². The molecule has 1 aromatic heterocycles. The average Bonchev–Trinajstić information content (AvgIpc) is 2.78. The number of nitrogens with two attached hydrogens (primary N) is 2. The van der Waals surface area contributed by atoms with Crippen LogP contribution in [0.4, 0.5) is 10.5 Å². The molecular weight excluding hydrogens is 526 g/mol. The van der Waals surface area contributed by atoms with E-state index in [1.54, 1.807) is 20.8 Å². The predicted molar refractivity (Wildman–Crippen MR) is 142 cm³/mol. The number of hydrogen-bond acceptors (Lipinski definition) is 8. The first-order chi connectivity index (χ1) is 17.2. The Hall–Kier alpha value is -3.45. The number of carbonyl (C=O) groups excluding carboxylic acids is 3. The fraction of sp³-hybridized carbons (Fsp3) is 0.435. The molecule has 37 heavy (non-hydrogen) atoms. The summed E-state index contributed by atoms with van der Waals surface area (Å²) in [6, 6.07) is 2.57. The van der Waals surface area contributed by atoms with Crippen molar-refractivity contribution in [3.63, 3.8) is 0 Å². The minimum atomic E-state index is -0.959. The molecule has 0 aliphatic rings. The second-order valence-corrected chi connectivity index (χ2v) is 10.5. The van der Waals surface area contributed by atoms with Gasteiger partial charge in [-0.25, -0.2) is 9.59 Å². The number of halogens is 1. The monoisotopic (exact) mass is 556 g/mol. The Labute approximate surface area is 222 Å². The van der Waals surface area contributed by atoms with Gasteiger partial charge in [0, 0.05) is 16.8 Å². The van der Waals surface area contributed by atoms with Crippen LogP contribution in [0.2, 0.25) is 5.02 Å². The van der Waals surface area contributed by atoms with Gasteiger partial charge in [-0.2, -0.15) is 0 Å². The van der Waals surface area contributed by atoms with Gasteiger partial charge in [-0.05, 0) is 58.5 Å². The van der Waals surface area contributed by atoms with E-state index in [0.717, 1.165) is 0 Å². The summed E-state index contributed by atoms with van der Waals surface area (Å²) in [4.78, 5) is 49.3. The van der Waals surface area contributed by atoms with E-state index in [1.807, 2.05) is 0 Å². The molecule has 0 spiro atoms. The second kappa shape index (κ2) is 12.7. The number of amides is 3. The summed E-state index contributed by atoms with van der Waals surface area (Å²) in [5.41, 5.74) is 4.21. The van der Waals surface area contributed by atoms with Crippen LogP contribution in [-0.4, -0.2) is 53.1 Å². The van der Waals surface area contributed by atoms with Gasteiger partial charge in [0.15, 0.2) is 0 Å². The second-order valence-electron chi connectivity index (χ2n) is 8.94. The first kappa shape index (κ1) is 29.8. The van der Waals surface area contributed by atoms with E-state index in [-0.39, 0.29) is 33.8 Å². The highest BCUT2D eigenvalue weighted by atomic mass is 35.5. The first-order valence-corrected chi connectivity index (χ1v) is 12.5. The summed E-state index contributed by atoms with van der Waals surface area (Å²) in [5, 5.41) is 13.7. The lowest BCUT2D eigenvalue weighted by Gasteiger charge is -2.22. The molecule has 202 valence electrons. The normalized spacial score (nSPS) is 12.8. The molecule has 12 nitrogen and oxygen atoms in total. The van der Waals surface area contributed by atoms with Crippen molar-refractivity contribution in [3.05, 3.63) is 33.6 Å². The maximum atomic E-state index is 12.6. The van der Waals surface area contributed by atoms with Crippen LogP contribution >= 0.6 is 23.4 Å². The number of hydrogen-bond donors (Lipinski definition) is 5. The number of carbonyl (C=O) groups is 3. The van der Waals surface area contributed by atoms with Crippen molar-refractivity contribution < 1.29 is 33.7 Å². The van der Waals surface area contributed by atoms with E-state index >= 15 is 0 Å². The Morgan fingerprint density at radius 1 is 1.14 bits per heavy atom. The van der Waals surface area contributed by atoms with Crippen LogP contribution in [0, 0.1) is 0 Å². The zero-order valence-corrected chi connectivity index (χ0v) is 22.7. The molecule has 2 aromatic rings. The van der Waals surface area contributed by atoms with Crippen molar-refractivity contribution in [2.75, 3.05) is 17.7 Å². The predicted octanol–water partition coefficient (Wildman–Crippen LogP) is 0.989. The number of nitrogens with one attached hydrogen (secondary N) is 3. The van der Waals surface area contributed by atoms with Gasteiger partial charge >= 0.3 is 17.7 Å². The molecule has 0 radical (unpaired) electrons. The zero-order chi connectivity index (χ0) is 27.9. The number of alkyl carbamates (subject to hydrolysis) is 1. The summed E-state index contributed by atoms with van der Waals surface area (Å²) in [5.74, 6) is -0.855. The lowest BCUT2D eigenvalue weighted by atomic mass is 10.1. The minimum Gasteiger partial charge on any atom is -0.463 e.